The molecule has 1 aromatic heterocycles. The molecule has 0 unspecified atom stereocenters. The number of hydrogen-bond acceptors (Lipinski definition) is 2. The first-order chi connectivity index (χ1) is 8.79. The van der Waals surface area contributed by atoms with Gasteiger partial charge in [0.1, 0.15) is 0 Å². The maximum Gasteiger partial charge on any atom is 0.222 e. The van der Waals surface area contributed by atoms with Gasteiger partial charge in [-0.2, -0.15) is 0 Å². The molecule has 1 saturated heterocycles. The summed E-state index contributed by atoms with van der Waals surface area (Å²) in [5.41, 5.74) is 0. The zero-order chi connectivity index (χ0) is 12.8. The Kier molecular flexibility index (Phi) is 4.39. The Balaban J connectivity index is 1.67. The second-order valence-corrected chi connectivity index (χ2v) is 4.55. The fourth-order valence-corrected chi connectivity index (χ4v) is 2.17. The molecule has 0 bridgehead atoms. The van der Waals surface area contributed by atoms with E-state index in [1.165, 1.54) is 0 Å². The predicted molar refractivity (Wildman–Crippen MR) is 67.9 cm³/mol. The summed E-state index contributed by atoms with van der Waals surface area (Å²) in [6.45, 7) is 3.54. The van der Waals surface area contributed by atoms with E-state index in [1.807, 2.05) is 29.4 Å². The number of nitrogens with zero attached hydrogens (tertiary/aromatic N) is 3. The van der Waals surface area contributed by atoms with E-state index in [1.54, 1.807) is 4.90 Å². The summed E-state index contributed by atoms with van der Waals surface area (Å²) in [4.78, 5) is 26.1. The highest BCUT2D eigenvalue weighted by atomic mass is 16.2. The third-order valence-corrected chi connectivity index (χ3v) is 3.29. The summed E-state index contributed by atoms with van der Waals surface area (Å²) in [7, 11) is 0. The lowest BCUT2D eigenvalue weighted by Gasteiger charge is -2.32. The summed E-state index contributed by atoms with van der Waals surface area (Å²) >= 11 is 0. The Morgan fingerprint density at radius 1 is 1.11 bits per heavy atom. The molecule has 0 aromatic carbocycles. The number of piperazine rings is 1. The van der Waals surface area contributed by atoms with E-state index < -0.39 is 0 Å². The lowest BCUT2D eigenvalue weighted by molar-refractivity contribution is -0.135. The van der Waals surface area contributed by atoms with Crippen molar-refractivity contribution in [2.24, 2.45) is 0 Å². The number of rotatable bonds is 5. The monoisotopic (exact) mass is 249 g/mol. The molecular formula is C13H19N3O2. The fraction of sp³-hybridized carbons (Fsp3) is 0.538. The van der Waals surface area contributed by atoms with E-state index in [0.29, 0.717) is 32.6 Å². The molecule has 0 N–H and O–H groups in total. The minimum atomic E-state index is 0.202. The summed E-state index contributed by atoms with van der Waals surface area (Å²) in [5.74, 6) is 0.202. The molecule has 0 saturated carbocycles. The first-order valence-corrected chi connectivity index (χ1v) is 6.37. The highest BCUT2D eigenvalue weighted by Crippen LogP contribution is 2.05. The molecule has 0 aliphatic carbocycles. The summed E-state index contributed by atoms with van der Waals surface area (Å²) in [5, 5.41) is 0. The fourth-order valence-electron chi connectivity index (χ4n) is 2.17. The topological polar surface area (TPSA) is 45.6 Å². The van der Waals surface area contributed by atoms with Crippen LogP contribution in [0.1, 0.15) is 12.8 Å². The second-order valence-electron chi connectivity index (χ2n) is 4.55. The van der Waals surface area contributed by atoms with Crippen LogP contribution in [-0.2, 0) is 16.1 Å². The highest BCUT2D eigenvalue weighted by Gasteiger charge is 2.19. The van der Waals surface area contributed by atoms with Crippen LogP contribution in [0.4, 0.5) is 0 Å². The van der Waals surface area contributed by atoms with Crippen molar-refractivity contribution in [3.05, 3.63) is 24.5 Å². The highest BCUT2D eigenvalue weighted by molar-refractivity contribution is 5.76. The normalized spacial score (nSPS) is 15.8. The van der Waals surface area contributed by atoms with Crippen molar-refractivity contribution in [3.63, 3.8) is 0 Å². The smallest absolute Gasteiger partial charge is 0.222 e. The molecule has 1 aromatic rings. The first-order valence-electron chi connectivity index (χ1n) is 6.37. The maximum absolute atomic E-state index is 11.9. The van der Waals surface area contributed by atoms with Crippen LogP contribution in [0.2, 0.25) is 0 Å². The number of amides is 2. The van der Waals surface area contributed by atoms with Crippen LogP contribution in [0.15, 0.2) is 24.5 Å². The Morgan fingerprint density at radius 3 is 2.39 bits per heavy atom. The van der Waals surface area contributed by atoms with Gasteiger partial charge >= 0.3 is 0 Å². The van der Waals surface area contributed by atoms with Gasteiger partial charge < -0.3 is 14.4 Å². The number of aryl methyl sites for hydroxylation is 1. The molecule has 2 rings (SSSR count). The third kappa shape index (κ3) is 3.35. The lowest BCUT2D eigenvalue weighted by Crippen LogP contribution is -2.48. The number of aromatic nitrogens is 1. The molecule has 2 heterocycles. The molecule has 5 nitrogen and oxygen atoms in total. The van der Waals surface area contributed by atoms with Crippen LogP contribution in [0.5, 0.6) is 0 Å². The van der Waals surface area contributed by atoms with Gasteiger partial charge in [0.05, 0.1) is 0 Å². The minimum absolute atomic E-state index is 0.202. The van der Waals surface area contributed by atoms with Crippen molar-refractivity contribution >= 4 is 12.3 Å². The van der Waals surface area contributed by atoms with Gasteiger partial charge in [-0.05, 0) is 18.6 Å². The second kappa shape index (κ2) is 6.23. The van der Waals surface area contributed by atoms with Gasteiger partial charge in [-0.25, -0.2) is 0 Å². The lowest BCUT2D eigenvalue weighted by atomic mass is 10.2. The van der Waals surface area contributed by atoms with Crippen LogP contribution >= 0.6 is 0 Å². The molecule has 5 heteroatoms. The zero-order valence-electron chi connectivity index (χ0n) is 10.5. The van der Waals surface area contributed by atoms with E-state index in [9.17, 15) is 9.59 Å². The zero-order valence-corrected chi connectivity index (χ0v) is 10.5. The van der Waals surface area contributed by atoms with Crippen molar-refractivity contribution in [2.45, 2.75) is 19.4 Å². The number of carbonyl (C=O) groups is 2. The van der Waals surface area contributed by atoms with Crippen molar-refractivity contribution in [2.75, 3.05) is 26.2 Å². The molecule has 2 amide bonds. The predicted octanol–water partition coefficient (Wildman–Crippen LogP) is 0.569. The Hall–Kier alpha value is -1.78. The van der Waals surface area contributed by atoms with E-state index in [2.05, 4.69) is 4.57 Å². The molecule has 18 heavy (non-hydrogen) atoms. The largest absolute Gasteiger partial charge is 0.354 e. The molecule has 1 aliphatic heterocycles. The molecule has 0 atom stereocenters. The van der Waals surface area contributed by atoms with Crippen molar-refractivity contribution in [3.8, 4) is 0 Å². The molecule has 0 radical (unpaired) electrons. The third-order valence-electron chi connectivity index (χ3n) is 3.29. The van der Waals surface area contributed by atoms with Gasteiger partial charge in [0.15, 0.2) is 0 Å². The van der Waals surface area contributed by atoms with E-state index in [-0.39, 0.29) is 5.91 Å². The van der Waals surface area contributed by atoms with E-state index >= 15 is 0 Å². The maximum atomic E-state index is 11.9. The van der Waals surface area contributed by atoms with Crippen LogP contribution < -0.4 is 0 Å². The van der Waals surface area contributed by atoms with Gasteiger partial charge in [-0.1, -0.05) is 0 Å². The quantitative estimate of drug-likeness (QED) is 0.716. The van der Waals surface area contributed by atoms with Gasteiger partial charge in [0, 0.05) is 51.5 Å². The summed E-state index contributed by atoms with van der Waals surface area (Å²) in [6, 6.07) is 3.97. The number of carbonyl (C=O) groups excluding carboxylic acids is 2. The van der Waals surface area contributed by atoms with Gasteiger partial charge in [-0.3, -0.25) is 9.59 Å². The van der Waals surface area contributed by atoms with Crippen molar-refractivity contribution in [1.29, 1.82) is 0 Å². The van der Waals surface area contributed by atoms with Crippen LogP contribution in [0.3, 0.4) is 0 Å². The Labute approximate surface area is 107 Å². The van der Waals surface area contributed by atoms with Gasteiger partial charge in [-0.15, -0.1) is 0 Å². The average molecular weight is 249 g/mol. The molecular weight excluding hydrogens is 230 g/mol. The minimum Gasteiger partial charge on any atom is -0.354 e. The molecule has 1 aliphatic rings. The van der Waals surface area contributed by atoms with Crippen molar-refractivity contribution in [1.82, 2.24) is 14.4 Å². The summed E-state index contributed by atoms with van der Waals surface area (Å²) < 4.78 is 2.08. The van der Waals surface area contributed by atoms with Crippen LogP contribution in [0.25, 0.3) is 0 Å². The van der Waals surface area contributed by atoms with E-state index in [0.717, 1.165) is 19.4 Å². The first kappa shape index (κ1) is 12.7. The van der Waals surface area contributed by atoms with Crippen LogP contribution in [-0.4, -0.2) is 52.9 Å². The van der Waals surface area contributed by atoms with Crippen LogP contribution in [0, 0.1) is 0 Å². The standard InChI is InChI=1S/C13H19N3O2/c17-12-15-8-10-16(11-9-15)13(18)4-3-7-14-5-1-2-6-14/h1-2,5-6,12H,3-4,7-11H2. The molecule has 98 valence electrons. The summed E-state index contributed by atoms with van der Waals surface area (Å²) in [6.07, 6.45) is 6.31. The number of hydrogen-bond donors (Lipinski definition) is 0. The van der Waals surface area contributed by atoms with Crippen molar-refractivity contribution < 1.29 is 9.59 Å². The van der Waals surface area contributed by atoms with Gasteiger partial charge in [0.2, 0.25) is 12.3 Å². The average Bonchev–Trinajstić information content (AvgIpc) is 2.92. The molecule has 0 spiro atoms. The Bertz CT molecular complexity index is 381. The SMILES string of the molecule is O=CN1CCN(C(=O)CCCn2cccc2)CC1. The molecule has 1 fully saturated rings. The van der Waals surface area contributed by atoms with Gasteiger partial charge in [0.25, 0.3) is 0 Å². The Morgan fingerprint density at radius 2 is 1.78 bits per heavy atom. The van der Waals surface area contributed by atoms with E-state index in [4.69, 9.17) is 0 Å².